The van der Waals surface area contributed by atoms with E-state index in [0.29, 0.717) is 19.5 Å². The Hall–Kier alpha value is -1.93. The maximum absolute atomic E-state index is 12.3. The van der Waals surface area contributed by atoms with Gasteiger partial charge in [-0.05, 0) is 46.7 Å². The molecule has 1 saturated heterocycles. The average Bonchev–Trinajstić information content (AvgIpc) is 3.21. The molecule has 0 bridgehead atoms. The highest BCUT2D eigenvalue weighted by molar-refractivity contribution is 7.07. The normalized spacial score (nSPS) is 14.5. The zero-order valence-corrected chi connectivity index (χ0v) is 16.3. The third-order valence-electron chi connectivity index (χ3n) is 4.58. The van der Waals surface area contributed by atoms with Gasteiger partial charge >= 0.3 is 0 Å². The molecule has 27 heavy (non-hydrogen) atoms. The van der Waals surface area contributed by atoms with Gasteiger partial charge in [-0.25, -0.2) is 0 Å². The smallest absolute Gasteiger partial charge is 0.225 e. The van der Waals surface area contributed by atoms with Crippen LogP contribution in [0, 0.1) is 0 Å². The molecular weight excluding hydrogens is 362 g/mol. The standard InChI is InChI=1S/C20H27N3O3S/c24-11-8-22(15-17-6-14-27-16-17)7-5-20(25)21-18-1-3-19(4-2-18)23-9-12-26-13-10-23/h1-4,6,14,16,24H,5,7-13,15H2,(H,21,25). The van der Waals surface area contributed by atoms with Crippen molar-refractivity contribution >= 4 is 28.6 Å². The Bertz CT molecular complexity index is 685. The summed E-state index contributed by atoms with van der Waals surface area (Å²) in [6.45, 7) is 5.35. The lowest BCUT2D eigenvalue weighted by molar-refractivity contribution is -0.116. The lowest BCUT2D eigenvalue weighted by Crippen LogP contribution is -2.36. The van der Waals surface area contributed by atoms with Gasteiger partial charge in [0.25, 0.3) is 0 Å². The van der Waals surface area contributed by atoms with Gasteiger partial charge in [-0.3, -0.25) is 9.69 Å². The van der Waals surface area contributed by atoms with E-state index in [4.69, 9.17) is 4.74 Å². The molecule has 0 atom stereocenters. The summed E-state index contributed by atoms with van der Waals surface area (Å²) in [7, 11) is 0. The molecule has 1 aromatic heterocycles. The monoisotopic (exact) mass is 389 g/mol. The van der Waals surface area contributed by atoms with Crippen LogP contribution in [0.3, 0.4) is 0 Å². The van der Waals surface area contributed by atoms with E-state index in [1.165, 1.54) is 5.56 Å². The van der Waals surface area contributed by atoms with Crippen LogP contribution >= 0.6 is 11.3 Å². The molecule has 1 amide bonds. The van der Waals surface area contributed by atoms with Crippen LogP contribution in [0.1, 0.15) is 12.0 Å². The Balaban J connectivity index is 1.46. The Kier molecular flexibility index (Phi) is 7.65. The summed E-state index contributed by atoms with van der Waals surface area (Å²) in [6, 6.07) is 10.0. The average molecular weight is 390 g/mol. The van der Waals surface area contributed by atoms with Gasteiger partial charge in [-0.2, -0.15) is 11.3 Å². The summed E-state index contributed by atoms with van der Waals surface area (Å²) < 4.78 is 5.38. The highest BCUT2D eigenvalue weighted by atomic mass is 32.1. The van der Waals surface area contributed by atoms with E-state index in [1.54, 1.807) is 11.3 Å². The second-order valence-electron chi connectivity index (χ2n) is 6.58. The number of aliphatic hydroxyl groups is 1. The number of hydrogen-bond donors (Lipinski definition) is 2. The molecule has 1 aliphatic heterocycles. The number of amides is 1. The van der Waals surface area contributed by atoms with Crippen LogP contribution in [-0.4, -0.2) is 61.9 Å². The molecule has 1 fully saturated rings. The second kappa shape index (κ2) is 10.4. The van der Waals surface area contributed by atoms with E-state index in [-0.39, 0.29) is 12.5 Å². The Morgan fingerprint density at radius 2 is 1.96 bits per heavy atom. The van der Waals surface area contributed by atoms with Gasteiger partial charge in [0.15, 0.2) is 0 Å². The van der Waals surface area contributed by atoms with E-state index < -0.39 is 0 Å². The molecular formula is C20H27N3O3S. The third-order valence-corrected chi connectivity index (χ3v) is 5.32. The van der Waals surface area contributed by atoms with E-state index in [0.717, 1.165) is 44.2 Å². The van der Waals surface area contributed by atoms with Gasteiger partial charge in [0.1, 0.15) is 0 Å². The van der Waals surface area contributed by atoms with E-state index in [9.17, 15) is 9.90 Å². The topological polar surface area (TPSA) is 65.0 Å². The molecule has 1 aliphatic rings. The number of carbonyl (C=O) groups excluding carboxylic acids is 1. The number of hydrogen-bond acceptors (Lipinski definition) is 6. The van der Waals surface area contributed by atoms with Crippen LogP contribution in [0.2, 0.25) is 0 Å². The van der Waals surface area contributed by atoms with Crippen molar-refractivity contribution in [2.45, 2.75) is 13.0 Å². The van der Waals surface area contributed by atoms with Crippen molar-refractivity contribution in [3.8, 4) is 0 Å². The fourth-order valence-corrected chi connectivity index (χ4v) is 3.77. The molecule has 6 nitrogen and oxygen atoms in total. The molecule has 7 heteroatoms. The minimum Gasteiger partial charge on any atom is -0.395 e. The van der Waals surface area contributed by atoms with Gasteiger partial charge < -0.3 is 20.1 Å². The van der Waals surface area contributed by atoms with Crippen molar-refractivity contribution in [2.75, 3.05) is 56.2 Å². The lowest BCUT2D eigenvalue weighted by atomic mass is 10.2. The van der Waals surface area contributed by atoms with Gasteiger partial charge in [0, 0.05) is 50.5 Å². The number of thiophene rings is 1. The number of morpholine rings is 1. The molecule has 0 radical (unpaired) electrons. The predicted octanol–water partition coefficient (Wildman–Crippen LogP) is 2.41. The van der Waals surface area contributed by atoms with Crippen LogP contribution in [-0.2, 0) is 16.1 Å². The van der Waals surface area contributed by atoms with E-state index in [1.807, 2.05) is 29.6 Å². The second-order valence-corrected chi connectivity index (χ2v) is 7.36. The fraction of sp³-hybridized carbons (Fsp3) is 0.450. The van der Waals surface area contributed by atoms with Gasteiger partial charge in [0.05, 0.1) is 19.8 Å². The molecule has 2 aromatic rings. The molecule has 0 spiro atoms. The van der Waals surface area contributed by atoms with Crippen molar-refractivity contribution in [3.05, 3.63) is 46.7 Å². The van der Waals surface area contributed by atoms with Gasteiger partial charge in [-0.1, -0.05) is 0 Å². The largest absolute Gasteiger partial charge is 0.395 e. The summed E-state index contributed by atoms with van der Waals surface area (Å²) in [4.78, 5) is 16.7. The molecule has 0 saturated carbocycles. The highest BCUT2D eigenvalue weighted by Gasteiger charge is 2.12. The maximum Gasteiger partial charge on any atom is 0.225 e. The molecule has 2 N–H and O–H groups in total. The Labute approximate surface area is 164 Å². The van der Waals surface area contributed by atoms with Crippen molar-refractivity contribution in [1.29, 1.82) is 0 Å². The first-order valence-corrected chi connectivity index (χ1v) is 10.3. The van der Waals surface area contributed by atoms with Gasteiger partial charge in [0.2, 0.25) is 5.91 Å². The van der Waals surface area contributed by atoms with Crippen LogP contribution in [0.25, 0.3) is 0 Å². The molecule has 146 valence electrons. The first kappa shape index (κ1) is 19.8. The van der Waals surface area contributed by atoms with Crippen LogP contribution in [0.5, 0.6) is 0 Å². The van der Waals surface area contributed by atoms with E-state index in [2.05, 4.69) is 26.6 Å². The zero-order chi connectivity index (χ0) is 18.9. The first-order valence-electron chi connectivity index (χ1n) is 9.31. The van der Waals surface area contributed by atoms with Crippen molar-refractivity contribution in [3.63, 3.8) is 0 Å². The zero-order valence-electron chi connectivity index (χ0n) is 15.5. The summed E-state index contributed by atoms with van der Waals surface area (Å²) in [5.41, 5.74) is 3.18. The highest BCUT2D eigenvalue weighted by Crippen LogP contribution is 2.19. The third kappa shape index (κ3) is 6.32. The minimum atomic E-state index is -0.0117. The molecule has 0 unspecified atom stereocenters. The van der Waals surface area contributed by atoms with Crippen molar-refractivity contribution in [2.24, 2.45) is 0 Å². The van der Waals surface area contributed by atoms with Crippen molar-refractivity contribution < 1.29 is 14.6 Å². The van der Waals surface area contributed by atoms with Crippen LogP contribution in [0.4, 0.5) is 11.4 Å². The van der Waals surface area contributed by atoms with Crippen molar-refractivity contribution in [1.82, 2.24) is 4.90 Å². The van der Waals surface area contributed by atoms with E-state index >= 15 is 0 Å². The summed E-state index contributed by atoms with van der Waals surface area (Å²) in [6.07, 6.45) is 0.398. The molecule has 2 heterocycles. The Morgan fingerprint density at radius 3 is 2.63 bits per heavy atom. The predicted molar refractivity (Wildman–Crippen MR) is 109 cm³/mol. The number of rotatable bonds is 9. The number of nitrogens with one attached hydrogen (secondary N) is 1. The van der Waals surface area contributed by atoms with Crippen LogP contribution in [0.15, 0.2) is 41.1 Å². The number of benzene rings is 1. The number of carbonyl (C=O) groups is 1. The fourth-order valence-electron chi connectivity index (χ4n) is 3.11. The summed E-state index contributed by atoms with van der Waals surface area (Å²) >= 11 is 1.66. The number of aliphatic hydroxyl groups excluding tert-OH is 1. The lowest BCUT2D eigenvalue weighted by Gasteiger charge is -2.28. The SMILES string of the molecule is O=C(CCN(CCO)Cc1ccsc1)Nc1ccc(N2CCOCC2)cc1. The van der Waals surface area contributed by atoms with Gasteiger partial charge in [-0.15, -0.1) is 0 Å². The summed E-state index contributed by atoms with van der Waals surface area (Å²) in [5.74, 6) is -0.0117. The first-order chi connectivity index (χ1) is 13.2. The molecule has 0 aliphatic carbocycles. The Morgan fingerprint density at radius 1 is 1.19 bits per heavy atom. The maximum atomic E-state index is 12.3. The molecule has 1 aromatic carbocycles. The number of nitrogens with zero attached hydrogens (tertiary/aromatic N) is 2. The van der Waals surface area contributed by atoms with Crippen LogP contribution < -0.4 is 10.2 Å². The summed E-state index contributed by atoms with van der Waals surface area (Å²) in [5, 5.41) is 16.3. The number of anilines is 2. The quantitative estimate of drug-likeness (QED) is 0.690. The molecule has 3 rings (SSSR count). The number of ether oxygens (including phenoxy) is 1. The minimum absolute atomic E-state index is 0.0117.